The number of hydrogen-bond donors (Lipinski definition) is 2. The molecule has 0 spiro atoms. The number of carbonyl (C=O) groups is 2. The van der Waals surface area contributed by atoms with Crippen molar-refractivity contribution in [2.45, 2.75) is 26.8 Å². The molecule has 1 heterocycles. The maximum Gasteiger partial charge on any atom is 0.355 e. The summed E-state index contributed by atoms with van der Waals surface area (Å²) in [5.74, 6) is -1.07. The van der Waals surface area contributed by atoms with Crippen LogP contribution in [0.15, 0.2) is 5.38 Å². The molecule has 1 aromatic rings. The van der Waals surface area contributed by atoms with Crippen molar-refractivity contribution in [2.75, 3.05) is 26.3 Å². The van der Waals surface area contributed by atoms with Gasteiger partial charge in [-0.1, -0.05) is 0 Å². The molecule has 1 rings (SSSR count). The highest BCUT2D eigenvalue weighted by molar-refractivity contribution is 7.09. The molecule has 0 fully saturated rings. The van der Waals surface area contributed by atoms with E-state index in [0.29, 0.717) is 31.3 Å². The van der Waals surface area contributed by atoms with Gasteiger partial charge in [0.2, 0.25) is 0 Å². The third-order valence-electron chi connectivity index (χ3n) is 2.83. The minimum atomic E-state index is -1.07. The summed E-state index contributed by atoms with van der Waals surface area (Å²) >= 11 is 1.22. The average molecular weight is 315 g/mol. The Kier molecular flexibility index (Phi) is 7.10. The smallest absolute Gasteiger partial charge is 0.355 e. The van der Waals surface area contributed by atoms with E-state index in [1.54, 1.807) is 11.8 Å². The number of hydrogen-bond acceptors (Lipinski definition) is 5. The Morgan fingerprint density at radius 2 is 2.24 bits per heavy atom. The lowest BCUT2D eigenvalue weighted by Crippen LogP contribution is -2.42. The van der Waals surface area contributed by atoms with Crippen molar-refractivity contribution >= 4 is 23.3 Å². The lowest BCUT2D eigenvalue weighted by molar-refractivity contribution is 0.0691. The molecule has 0 radical (unpaired) electrons. The van der Waals surface area contributed by atoms with Gasteiger partial charge >= 0.3 is 12.0 Å². The van der Waals surface area contributed by atoms with E-state index in [4.69, 9.17) is 9.84 Å². The van der Waals surface area contributed by atoms with E-state index in [2.05, 4.69) is 10.3 Å². The highest BCUT2D eigenvalue weighted by Gasteiger charge is 2.18. The first kappa shape index (κ1) is 17.4. The highest BCUT2D eigenvalue weighted by Crippen LogP contribution is 2.18. The van der Waals surface area contributed by atoms with Gasteiger partial charge in [-0.3, -0.25) is 0 Å². The Morgan fingerprint density at radius 3 is 2.76 bits per heavy atom. The minimum absolute atomic E-state index is 0.000192. The number of nitrogens with zero attached hydrogens (tertiary/aromatic N) is 2. The SMILES string of the molecule is CCOCCN(CC)C(=O)NC(C)c1nc(C(=O)O)cs1. The molecular formula is C13H21N3O4S. The molecule has 0 saturated carbocycles. The van der Waals surface area contributed by atoms with Crippen LogP contribution in [-0.2, 0) is 4.74 Å². The summed E-state index contributed by atoms with van der Waals surface area (Å²) in [4.78, 5) is 28.5. The Bertz CT molecular complexity index is 478. The van der Waals surface area contributed by atoms with E-state index in [1.807, 2.05) is 13.8 Å². The summed E-state index contributed by atoms with van der Waals surface area (Å²) in [5, 5.41) is 13.7. The van der Waals surface area contributed by atoms with Crippen LogP contribution in [0.5, 0.6) is 0 Å². The fourth-order valence-electron chi connectivity index (χ4n) is 1.65. The van der Waals surface area contributed by atoms with E-state index >= 15 is 0 Å². The third kappa shape index (κ3) is 5.31. The zero-order chi connectivity index (χ0) is 15.8. The van der Waals surface area contributed by atoms with Gasteiger partial charge in [0.05, 0.1) is 12.6 Å². The predicted molar refractivity (Wildman–Crippen MR) is 79.8 cm³/mol. The molecule has 0 saturated heterocycles. The van der Waals surface area contributed by atoms with Gasteiger partial charge in [-0.15, -0.1) is 11.3 Å². The van der Waals surface area contributed by atoms with Gasteiger partial charge in [0.1, 0.15) is 5.01 Å². The van der Waals surface area contributed by atoms with Crippen LogP contribution in [0, 0.1) is 0 Å². The fourth-order valence-corrected chi connectivity index (χ4v) is 2.45. The fraction of sp³-hybridized carbons (Fsp3) is 0.615. The summed E-state index contributed by atoms with van der Waals surface area (Å²) in [6.45, 7) is 7.77. The maximum absolute atomic E-state index is 12.1. The number of nitrogens with one attached hydrogen (secondary N) is 1. The van der Waals surface area contributed by atoms with Gasteiger partial charge in [0.25, 0.3) is 0 Å². The topological polar surface area (TPSA) is 91.8 Å². The average Bonchev–Trinajstić information content (AvgIpc) is 2.93. The van der Waals surface area contributed by atoms with Gasteiger partial charge in [-0.25, -0.2) is 14.6 Å². The van der Waals surface area contributed by atoms with Crippen LogP contribution in [0.3, 0.4) is 0 Å². The molecule has 7 nitrogen and oxygen atoms in total. The van der Waals surface area contributed by atoms with Gasteiger partial charge in [0, 0.05) is 25.1 Å². The number of carboxylic acid groups (broad SMARTS) is 1. The molecule has 8 heteroatoms. The molecule has 0 aliphatic carbocycles. The molecule has 0 aliphatic heterocycles. The molecule has 1 atom stereocenters. The Hall–Kier alpha value is -1.67. The van der Waals surface area contributed by atoms with Crippen molar-refractivity contribution in [3.8, 4) is 0 Å². The second kappa shape index (κ2) is 8.58. The van der Waals surface area contributed by atoms with Crippen LogP contribution in [0.1, 0.15) is 42.3 Å². The van der Waals surface area contributed by atoms with Crippen molar-refractivity contribution in [1.29, 1.82) is 0 Å². The number of rotatable bonds is 8. The molecule has 2 amide bonds. The summed E-state index contributed by atoms with van der Waals surface area (Å²) in [5.41, 5.74) is -0.000192. The van der Waals surface area contributed by atoms with Gasteiger partial charge in [0.15, 0.2) is 5.69 Å². The molecule has 21 heavy (non-hydrogen) atoms. The van der Waals surface area contributed by atoms with Crippen molar-refractivity contribution in [3.05, 3.63) is 16.1 Å². The summed E-state index contributed by atoms with van der Waals surface area (Å²) in [7, 11) is 0. The highest BCUT2D eigenvalue weighted by atomic mass is 32.1. The van der Waals surface area contributed by atoms with E-state index in [-0.39, 0.29) is 17.8 Å². The van der Waals surface area contributed by atoms with Crippen molar-refractivity contribution in [3.63, 3.8) is 0 Å². The molecule has 0 aliphatic rings. The molecule has 1 aromatic heterocycles. The Labute approximate surface area is 127 Å². The van der Waals surface area contributed by atoms with Crippen molar-refractivity contribution in [2.24, 2.45) is 0 Å². The lowest BCUT2D eigenvalue weighted by Gasteiger charge is -2.23. The van der Waals surface area contributed by atoms with Crippen LogP contribution in [-0.4, -0.2) is 53.3 Å². The lowest BCUT2D eigenvalue weighted by atomic mass is 10.3. The third-order valence-corrected chi connectivity index (χ3v) is 3.86. The number of thiazole rings is 1. The number of urea groups is 1. The molecule has 118 valence electrons. The quantitative estimate of drug-likeness (QED) is 0.716. The zero-order valence-corrected chi connectivity index (χ0v) is 13.3. The van der Waals surface area contributed by atoms with E-state index in [1.165, 1.54) is 16.7 Å². The zero-order valence-electron chi connectivity index (χ0n) is 12.5. The number of aromatic carboxylic acids is 1. The van der Waals surface area contributed by atoms with Gasteiger partial charge in [-0.05, 0) is 20.8 Å². The predicted octanol–water partition coefficient (Wildman–Crippen LogP) is 1.97. The number of aromatic nitrogens is 1. The van der Waals surface area contributed by atoms with Crippen LogP contribution in [0.25, 0.3) is 0 Å². The number of ether oxygens (including phenoxy) is 1. The molecular weight excluding hydrogens is 294 g/mol. The summed E-state index contributed by atoms with van der Waals surface area (Å²) in [6, 6.07) is -0.548. The van der Waals surface area contributed by atoms with Crippen LogP contribution >= 0.6 is 11.3 Å². The number of likely N-dealkylation sites (N-methyl/N-ethyl adjacent to an activating group) is 1. The molecule has 0 aromatic carbocycles. The van der Waals surface area contributed by atoms with Gasteiger partial charge < -0.3 is 20.1 Å². The number of carbonyl (C=O) groups excluding carboxylic acids is 1. The number of amides is 2. The Morgan fingerprint density at radius 1 is 1.52 bits per heavy atom. The minimum Gasteiger partial charge on any atom is -0.476 e. The second-order valence-corrected chi connectivity index (χ2v) is 5.21. The van der Waals surface area contributed by atoms with E-state index in [0.717, 1.165) is 0 Å². The van der Waals surface area contributed by atoms with Crippen LogP contribution in [0.4, 0.5) is 4.79 Å². The first-order valence-corrected chi connectivity index (χ1v) is 7.69. The molecule has 1 unspecified atom stereocenters. The molecule has 0 bridgehead atoms. The van der Waals surface area contributed by atoms with E-state index in [9.17, 15) is 9.59 Å². The summed E-state index contributed by atoms with van der Waals surface area (Å²) < 4.78 is 5.24. The normalized spacial score (nSPS) is 12.0. The monoisotopic (exact) mass is 315 g/mol. The van der Waals surface area contributed by atoms with Gasteiger partial charge in [-0.2, -0.15) is 0 Å². The van der Waals surface area contributed by atoms with Crippen LogP contribution in [0.2, 0.25) is 0 Å². The Balaban J connectivity index is 2.56. The number of carboxylic acids is 1. The second-order valence-electron chi connectivity index (χ2n) is 4.32. The van der Waals surface area contributed by atoms with Crippen molar-refractivity contribution < 1.29 is 19.4 Å². The van der Waals surface area contributed by atoms with Crippen molar-refractivity contribution in [1.82, 2.24) is 15.2 Å². The largest absolute Gasteiger partial charge is 0.476 e. The van der Waals surface area contributed by atoms with E-state index < -0.39 is 5.97 Å². The summed E-state index contributed by atoms with van der Waals surface area (Å²) in [6.07, 6.45) is 0. The maximum atomic E-state index is 12.1. The molecule has 2 N–H and O–H groups in total. The first-order valence-electron chi connectivity index (χ1n) is 6.81. The first-order chi connectivity index (χ1) is 9.99. The standard InChI is InChI=1S/C13H21N3O4S/c1-4-16(6-7-20-5-2)13(19)14-9(3)11-15-10(8-21-11)12(17)18/h8-9H,4-7H2,1-3H3,(H,14,19)(H,17,18). The van der Waals surface area contributed by atoms with Crippen LogP contribution < -0.4 is 5.32 Å².